The van der Waals surface area contributed by atoms with Gasteiger partial charge in [-0.3, -0.25) is 4.70 Å². The summed E-state index contributed by atoms with van der Waals surface area (Å²) in [5, 5.41) is 0.659. The van der Waals surface area contributed by atoms with Crippen LogP contribution in [0.25, 0.3) is 0 Å². The first-order chi connectivity index (χ1) is 6.20. The van der Waals surface area contributed by atoms with Crippen LogP contribution in [0.4, 0.5) is 16.1 Å². The second kappa shape index (κ2) is 5.70. The number of rotatable bonds is 3. The third kappa shape index (κ3) is 2.51. The van der Waals surface area contributed by atoms with Crippen molar-refractivity contribution < 1.29 is 4.70 Å². The average molecular weight is 219 g/mol. The van der Waals surface area contributed by atoms with Gasteiger partial charge in [0.25, 0.3) is 0 Å². The quantitative estimate of drug-likeness (QED) is 0.791. The van der Waals surface area contributed by atoms with Gasteiger partial charge < -0.3 is 10.6 Å². The third-order valence-electron chi connectivity index (χ3n) is 2.11. The smallest absolute Gasteiger partial charge is 0.0868 e. The molecule has 80 valence electrons. The second-order valence-electron chi connectivity index (χ2n) is 2.85. The number of hydrogen-bond acceptors (Lipinski definition) is 2. The molecule has 14 heavy (non-hydrogen) atoms. The Kier molecular flexibility index (Phi) is 5.31. The minimum Gasteiger partial charge on any atom is -0.397 e. The summed E-state index contributed by atoms with van der Waals surface area (Å²) in [5.74, 6) is 0. The Bertz CT molecular complexity index is 287. The minimum atomic E-state index is 0. The summed E-state index contributed by atoms with van der Waals surface area (Å²) in [6, 6.07) is 5.73. The van der Waals surface area contributed by atoms with Gasteiger partial charge in [0.15, 0.2) is 0 Å². The third-order valence-corrected chi connectivity index (χ3v) is 2.52. The van der Waals surface area contributed by atoms with E-state index in [2.05, 4.69) is 18.7 Å². The fourth-order valence-electron chi connectivity index (χ4n) is 1.35. The van der Waals surface area contributed by atoms with Gasteiger partial charge >= 0.3 is 0 Å². The van der Waals surface area contributed by atoms with Crippen molar-refractivity contribution in [1.82, 2.24) is 0 Å². The molecule has 0 saturated carbocycles. The van der Waals surface area contributed by atoms with Crippen LogP contribution in [0, 0.1) is 0 Å². The summed E-state index contributed by atoms with van der Waals surface area (Å²) in [7, 11) is 0. The zero-order chi connectivity index (χ0) is 9.84. The maximum atomic E-state index is 6.08. The topological polar surface area (TPSA) is 29.3 Å². The van der Waals surface area contributed by atoms with Crippen molar-refractivity contribution in [3.05, 3.63) is 23.2 Å². The molecule has 0 radical (unpaired) electrons. The van der Waals surface area contributed by atoms with Gasteiger partial charge in [-0.25, -0.2) is 0 Å². The number of nitrogens with zero attached hydrogens (tertiary/aromatic N) is 1. The molecule has 2 nitrogen and oxygen atoms in total. The van der Waals surface area contributed by atoms with Gasteiger partial charge in [0.2, 0.25) is 0 Å². The van der Waals surface area contributed by atoms with Crippen LogP contribution in [0.3, 0.4) is 0 Å². The maximum absolute atomic E-state index is 6.08. The molecule has 1 aromatic rings. The molecule has 4 heteroatoms. The molecule has 0 unspecified atom stereocenters. The zero-order valence-corrected chi connectivity index (χ0v) is 9.21. The van der Waals surface area contributed by atoms with Crippen molar-refractivity contribution in [2.45, 2.75) is 13.8 Å². The van der Waals surface area contributed by atoms with Crippen LogP contribution < -0.4 is 10.6 Å². The maximum Gasteiger partial charge on any atom is 0.0868 e. The minimum absolute atomic E-state index is 0. The van der Waals surface area contributed by atoms with Gasteiger partial charge in [-0.15, -0.1) is 0 Å². The molecule has 0 aromatic heterocycles. The number of nitrogens with two attached hydrogens (primary N) is 1. The lowest BCUT2D eigenvalue weighted by molar-refractivity contribution is 0.867. The molecular formula is C10H16ClFN2. The highest BCUT2D eigenvalue weighted by Gasteiger charge is 2.07. The Hall–Kier alpha value is -0.960. The molecule has 1 aromatic carbocycles. The number of benzene rings is 1. The molecule has 1 rings (SSSR count). The lowest BCUT2D eigenvalue weighted by Crippen LogP contribution is -2.22. The van der Waals surface area contributed by atoms with Crippen LogP contribution in [-0.4, -0.2) is 13.1 Å². The highest BCUT2D eigenvalue weighted by molar-refractivity contribution is 6.35. The Balaban J connectivity index is 0.00000169. The summed E-state index contributed by atoms with van der Waals surface area (Å²) in [6.07, 6.45) is 0. The van der Waals surface area contributed by atoms with Crippen LogP contribution in [-0.2, 0) is 0 Å². The lowest BCUT2D eigenvalue weighted by Gasteiger charge is -2.22. The Morgan fingerprint density at radius 1 is 1.29 bits per heavy atom. The molecule has 0 fully saturated rings. The van der Waals surface area contributed by atoms with Crippen LogP contribution in [0.15, 0.2) is 18.2 Å². The first kappa shape index (κ1) is 13.0. The van der Waals surface area contributed by atoms with Crippen molar-refractivity contribution in [2.75, 3.05) is 23.7 Å². The van der Waals surface area contributed by atoms with E-state index in [0.29, 0.717) is 10.7 Å². The number of nitrogen functional groups attached to an aromatic ring is 1. The summed E-state index contributed by atoms with van der Waals surface area (Å²) in [6.45, 7) is 6.09. The molecule has 0 aliphatic carbocycles. The SMILES string of the molecule is CCN(CC)c1cccc(N)c1Cl.F. The van der Waals surface area contributed by atoms with Crippen LogP contribution in [0.5, 0.6) is 0 Å². The van der Waals surface area contributed by atoms with Crippen LogP contribution in [0.2, 0.25) is 5.02 Å². The Labute approximate surface area is 89.0 Å². The lowest BCUT2D eigenvalue weighted by atomic mass is 10.2. The molecule has 0 heterocycles. The van der Waals surface area contributed by atoms with E-state index in [1.807, 2.05) is 18.2 Å². The molecule has 0 atom stereocenters. The van der Waals surface area contributed by atoms with E-state index in [-0.39, 0.29) is 4.70 Å². The molecule has 0 spiro atoms. The van der Waals surface area contributed by atoms with E-state index >= 15 is 0 Å². The van der Waals surface area contributed by atoms with Crippen molar-refractivity contribution in [3.8, 4) is 0 Å². The predicted octanol–water partition coefficient (Wildman–Crippen LogP) is 2.92. The van der Waals surface area contributed by atoms with Crippen molar-refractivity contribution in [3.63, 3.8) is 0 Å². The first-order valence-electron chi connectivity index (χ1n) is 4.49. The summed E-state index contributed by atoms with van der Waals surface area (Å²) in [5.41, 5.74) is 7.37. The number of halogens is 2. The van der Waals surface area contributed by atoms with Gasteiger partial charge in [0.05, 0.1) is 16.4 Å². The summed E-state index contributed by atoms with van der Waals surface area (Å²) in [4.78, 5) is 2.18. The van der Waals surface area contributed by atoms with Crippen LogP contribution in [0.1, 0.15) is 13.8 Å². The normalized spacial score (nSPS) is 9.36. The van der Waals surface area contributed by atoms with Crippen molar-refractivity contribution >= 4 is 23.0 Å². The Morgan fingerprint density at radius 2 is 1.86 bits per heavy atom. The molecule has 0 amide bonds. The van der Waals surface area contributed by atoms with E-state index < -0.39 is 0 Å². The van der Waals surface area contributed by atoms with Gasteiger partial charge in [-0.2, -0.15) is 0 Å². The van der Waals surface area contributed by atoms with E-state index in [9.17, 15) is 0 Å². The fourth-order valence-corrected chi connectivity index (χ4v) is 1.59. The Morgan fingerprint density at radius 3 is 2.36 bits per heavy atom. The van der Waals surface area contributed by atoms with E-state index in [1.165, 1.54) is 0 Å². The monoisotopic (exact) mass is 218 g/mol. The van der Waals surface area contributed by atoms with Crippen molar-refractivity contribution in [2.24, 2.45) is 0 Å². The highest BCUT2D eigenvalue weighted by Crippen LogP contribution is 2.30. The molecule has 2 N–H and O–H groups in total. The number of anilines is 2. The van der Waals surface area contributed by atoms with Gasteiger partial charge in [0.1, 0.15) is 0 Å². The molecule has 0 aliphatic heterocycles. The zero-order valence-electron chi connectivity index (χ0n) is 8.46. The summed E-state index contributed by atoms with van der Waals surface area (Å²) >= 11 is 6.08. The predicted molar refractivity (Wildman–Crippen MR) is 61.9 cm³/mol. The highest BCUT2D eigenvalue weighted by atomic mass is 35.5. The molecule has 0 aliphatic rings. The van der Waals surface area contributed by atoms with Gasteiger partial charge in [-0.05, 0) is 26.0 Å². The second-order valence-corrected chi connectivity index (χ2v) is 3.23. The molecular weight excluding hydrogens is 203 g/mol. The summed E-state index contributed by atoms with van der Waals surface area (Å²) < 4.78 is 0. The standard InChI is InChI=1S/C10H15ClN2.FH/c1-3-13(4-2)9-7-5-6-8(12)10(9)11;/h5-7H,3-4,12H2,1-2H3;1H. The molecule has 0 saturated heterocycles. The van der Waals surface area contributed by atoms with E-state index in [0.717, 1.165) is 18.8 Å². The van der Waals surface area contributed by atoms with Gasteiger partial charge in [0, 0.05) is 13.1 Å². The largest absolute Gasteiger partial charge is 0.397 e. The molecule has 0 bridgehead atoms. The van der Waals surface area contributed by atoms with Crippen molar-refractivity contribution in [1.29, 1.82) is 0 Å². The average Bonchev–Trinajstić information content (AvgIpc) is 2.14. The first-order valence-corrected chi connectivity index (χ1v) is 4.87. The van der Waals surface area contributed by atoms with E-state index in [1.54, 1.807) is 0 Å². The van der Waals surface area contributed by atoms with Gasteiger partial charge in [-0.1, -0.05) is 17.7 Å². The van der Waals surface area contributed by atoms with E-state index in [4.69, 9.17) is 17.3 Å². The number of hydrogen-bond donors (Lipinski definition) is 1. The van der Waals surface area contributed by atoms with Crippen LogP contribution >= 0.6 is 11.6 Å². The fraction of sp³-hybridized carbons (Fsp3) is 0.400.